The topological polar surface area (TPSA) is 60.9 Å². The molecule has 1 atom stereocenters. The van der Waals surface area contributed by atoms with E-state index in [1.165, 1.54) is 0 Å². The maximum Gasteiger partial charge on any atom is 0.307 e. The summed E-state index contributed by atoms with van der Waals surface area (Å²) in [6.07, 6.45) is -0.0112. The largest absolute Gasteiger partial charge is 0.481 e. The van der Waals surface area contributed by atoms with Crippen LogP contribution in [-0.4, -0.2) is 50.7 Å². The van der Waals surface area contributed by atoms with Gasteiger partial charge in [-0.1, -0.05) is 59.9 Å². The molecule has 0 spiro atoms. The highest BCUT2D eigenvalue weighted by Crippen LogP contribution is 2.19. The van der Waals surface area contributed by atoms with Crippen LogP contribution in [0.3, 0.4) is 0 Å². The third-order valence-corrected chi connectivity index (χ3v) is 7.33. The van der Waals surface area contributed by atoms with E-state index in [1.54, 1.807) is 0 Å². The number of rotatable bonds is 6. The maximum absolute atomic E-state index is 12.9. The van der Waals surface area contributed by atoms with Gasteiger partial charge in [-0.25, -0.2) is 8.51 Å². The Kier molecular flexibility index (Phi) is 7.91. The molecule has 1 aliphatic rings. The Bertz CT molecular complexity index is 1220. The molecule has 0 amide bonds. The van der Waals surface area contributed by atoms with Crippen LogP contribution >= 0.6 is 0 Å². The number of carboxylic acid groups (broad SMARTS) is 1. The molecule has 3 aromatic rings. The zero-order valence-electron chi connectivity index (χ0n) is 19.2. The van der Waals surface area contributed by atoms with Crippen molar-refractivity contribution in [2.45, 2.75) is 24.8 Å². The first-order chi connectivity index (χ1) is 16.5. The first-order valence-electron chi connectivity index (χ1n) is 11.3. The molecule has 1 saturated heterocycles. The van der Waals surface area contributed by atoms with Crippen LogP contribution in [0.5, 0.6) is 0 Å². The molecule has 1 fully saturated rings. The number of benzene rings is 3. The molecule has 3 aromatic carbocycles. The van der Waals surface area contributed by atoms with Crippen LogP contribution in [0.4, 0.5) is 0 Å². The molecule has 1 heterocycles. The van der Waals surface area contributed by atoms with E-state index in [0.29, 0.717) is 19.6 Å². The van der Waals surface area contributed by atoms with Crippen molar-refractivity contribution in [2.24, 2.45) is 0 Å². The molecule has 6 heteroatoms. The second-order valence-electron chi connectivity index (χ2n) is 8.45. The van der Waals surface area contributed by atoms with Crippen LogP contribution in [0.15, 0.2) is 77.7 Å². The Morgan fingerprint density at radius 1 is 0.941 bits per heavy atom. The van der Waals surface area contributed by atoms with Gasteiger partial charge in [0.25, 0.3) is 0 Å². The molecule has 0 radical (unpaired) electrons. The minimum absolute atomic E-state index is 0.0112. The lowest BCUT2D eigenvalue weighted by Gasteiger charge is -2.34. The number of carbonyl (C=O) groups is 1. The van der Waals surface area contributed by atoms with Gasteiger partial charge in [0, 0.05) is 43.9 Å². The van der Waals surface area contributed by atoms with Crippen LogP contribution in [0.2, 0.25) is 0 Å². The number of aryl methyl sites for hydroxylation is 1. The van der Waals surface area contributed by atoms with Crippen LogP contribution < -0.4 is 0 Å². The molecule has 4 rings (SSSR count). The Morgan fingerprint density at radius 3 is 2.32 bits per heavy atom. The Labute approximate surface area is 203 Å². The van der Waals surface area contributed by atoms with E-state index in [0.717, 1.165) is 45.8 Å². The van der Waals surface area contributed by atoms with E-state index in [2.05, 4.69) is 16.7 Å². The van der Waals surface area contributed by atoms with Crippen molar-refractivity contribution in [3.8, 4) is 11.8 Å². The molecule has 1 aliphatic heterocycles. The number of nitrogens with zero attached hydrogens (tertiary/aromatic N) is 2. The van der Waals surface area contributed by atoms with Gasteiger partial charge in [0.15, 0.2) is 0 Å². The van der Waals surface area contributed by atoms with Crippen molar-refractivity contribution in [2.75, 3.05) is 26.2 Å². The van der Waals surface area contributed by atoms with E-state index >= 15 is 0 Å². The molecule has 1 N–H and O–H groups in total. The van der Waals surface area contributed by atoms with E-state index in [1.807, 2.05) is 84.0 Å². The van der Waals surface area contributed by atoms with Gasteiger partial charge in [-0.2, -0.15) is 0 Å². The molecule has 174 valence electrons. The normalized spacial score (nSPS) is 15.3. The molecule has 34 heavy (non-hydrogen) atoms. The highest BCUT2D eigenvalue weighted by Gasteiger charge is 2.23. The first-order valence-corrected chi connectivity index (χ1v) is 12.4. The smallest absolute Gasteiger partial charge is 0.307 e. The van der Waals surface area contributed by atoms with E-state index < -0.39 is 17.0 Å². The summed E-state index contributed by atoms with van der Waals surface area (Å²) in [4.78, 5) is 14.4. The van der Waals surface area contributed by atoms with Crippen LogP contribution in [0.25, 0.3) is 0 Å². The summed E-state index contributed by atoms with van der Waals surface area (Å²) < 4.78 is 15.0. The fourth-order valence-corrected chi connectivity index (χ4v) is 5.11. The first kappa shape index (κ1) is 23.9. The molecule has 0 aliphatic carbocycles. The number of hydrogen-bond donors (Lipinski definition) is 1. The summed E-state index contributed by atoms with van der Waals surface area (Å²) in [7, 11) is -1.16. The Hall–Kier alpha value is -3.24. The molecule has 5 nitrogen and oxygen atoms in total. The zero-order valence-corrected chi connectivity index (χ0v) is 20.1. The Balaban J connectivity index is 1.46. The molecular formula is C28H28N2O3S. The van der Waals surface area contributed by atoms with Crippen molar-refractivity contribution >= 4 is 17.0 Å². The predicted octanol–water partition coefficient (Wildman–Crippen LogP) is 3.86. The van der Waals surface area contributed by atoms with E-state index in [9.17, 15) is 14.1 Å². The monoisotopic (exact) mass is 472 g/mol. The van der Waals surface area contributed by atoms with Gasteiger partial charge in [-0.15, -0.1) is 0 Å². The lowest BCUT2D eigenvalue weighted by molar-refractivity contribution is -0.136. The fraction of sp³-hybridized carbons (Fsp3) is 0.250. The summed E-state index contributed by atoms with van der Waals surface area (Å²) in [5.41, 5.74) is 4.79. The number of carboxylic acids is 1. The number of aliphatic carboxylic acids is 1. The van der Waals surface area contributed by atoms with Gasteiger partial charge in [-0.05, 0) is 48.4 Å². The zero-order chi connectivity index (χ0) is 23.9. The van der Waals surface area contributed by atoms with Crippen molar-refractivity contribution in [1.29, 1.82) is 0 Å². The summed E-state index contributed by atoms with van der Waals surface area (Å²) >= 11 is 0. The quantitative estimate of drug-likeness (QED) is 0.554. The van der Waals surface area contributed by atoms with Gasteiger partial charge in [0.1, 0.15) is 11.0 Å². The van der Waals surface area contributed by atoms with Crippen LogP contribution in [0, 0.1) is 18.8 Å². The highest BCUT2D eigenvalue weighted by atomic mass is 32.2. The number of piperazine rings is 1. The average Bonchev–Trinajstić information content (AvgIpc) is 2.84. The number of hydrogen-bond acceptors (Lipinski definition) is 3. The van der Waals surface area contributed by atoms with Crippen LogP contribution in [0.1, 0.15) is 27.8 Å². The SMILES string of the molecule is Cc1ccc(S(=O)N2CCN(Cc3cc(CC(=O)O)ccc3C#Cc3ccccc3)CC2)cc1. The molecule has 0 aromatic heterocycles. The summed E-state index contributed by atoms with van der Waals surface area (Å²) in [5, 5.41) is 9.22. The van der Waals surface area contributed by atoms with Gasteiger partial charge < -0.3 is 5.11 Å². The highest BCUT2D eigenvalue weighted by molar-refractivity contribution is 7.82. The lowest BCUT2D eigenvalue weighted by Crippen LogP contribution is -2.46. The van der Waals surface area contributed by atoms with Gasteiger partial charge >= 0.3 is 5.97 Å². The second-order valence-corrected chi connectivity index (χ2v) is 9.93. The average molecular weight is 473 g/mol. The molecule has 0 saturated carbocycles. The standard InChI is InChI=1S/C28H28N2O3S/c1-22-7-13-27(14-8-22)34(33)30-17-15-29(16-18-30)21-26-19-24(20-28(31)32)10-12-25(26)11-9-23-5-3-2-4-6-23/h2-8,10,12-14,19H,15-18,20-21H2,1H3,(H,31,32). The van der Waals surface area contributed by atoms with E-state index in [-0.39, 0.29) is 6.42 Å². The predicted molar refractivity (Wildman–Crippen MR) is 135 cm³/mol. The molecule has 1 unspecified atom stereocenters. The lowest BCUT2D eigenvalue weighted by atomic mass is 10.0. The van der Waals surface area contributed by atoms with E-state index in [4.69, 9.17) is 0 Å². The molecule has 0 bridgehead atoms. The van der Waals surface area contributed by atoms with Crippen molar-refractivity contribution in [1.82, 2.24) is 9.21 Å². The van der Waals surface area contributed by atoms with Gasteiger partial charge in [0.05, 0.1) is 11.3 Å². The summed E-state index contributed by atoms with van der Waals surface area (Å²) in [5.74, 6) is 5.63. The fourth-order valence-electron chi connectivity index (χ4n) is 3.94. The molecular weight excluding hydrogens is 444 g/mol. The van der Waals surface area contributed by atoms with Crippen molar-refractivity contribution in [3.63, 3.8) is 0 Å². The van der Waals surface area contributed by atoms with Crippen LogP contribution in [-0.2, 0) is 28.7 Å². The Morgan fingerprint density at radius 2 is 1.65 bits per heavy atom. The minimum atomic E-state index is -1.16. The van der Waals surface area contributed by atoms with Crippen molar-refractivity contribution < 1.29 is 14.1 Å². The maximum atomic E-state index is 12.9. The minimum Gasteiger partial charge on any atom is -0.481 e. The van der Waals surface area contributed by atoms with Gasteiger partial charge in [0.2, 0.25) is 0 Å². The third-order valence-electron chi connectivity index (χ3n) is 5.82. The van der Waals surface area contributed by atoms with Crippen molar-refractivity contribution in [3.05, 3.63) is 101 Å². The summed E-state index contributed by atoms with van der Waals surface area (Å²) in [6, 6.07) is 23.4. The van der Waals surface area contributed by atoms with Gasteiger partial charge in [-0.3, -0.25) is 9.69 Å². The second kappa shape index (κ2) is 11.3. The third kappa shape index (κ3) is 6.42. The summed E-state index contributed by atoms with van der Waals surface area (Å²) in [6.45, 7) is 5.69.